The molecule has 1 amide bonds. The third kappa shape index (κ3) is 3.66. The van der Waals surface area contributed by atoms with Gasteiger partial charge in [-0.05, 0) is 49.1 Å². The van der Waals surface area contributed by atoms with Gasteiger partial charge in [0.05, 0.1) is 28.9 Å². The molecule has 1 aliphatic rings. The van der Waals surface area contributed by atoms with Crippen LogP contribution < -0.4 is 5.32 Å². The number of nitrogens with zero attached hydrogens (tertiary/aromatic N) is 1. The number of halogens is 2. The van der Waals surface area contributed by atoms with Crippen LogP contribution >= 0.6 is 0 Å². The minimum Gasteiger partial charge on any atom is -0.392 e. The average Bonchev–Trinajstić information content (AvgIpc) is 3.27. The van der Waals surface area contributed by atoms with E-state index in [1.54, 1.807) is 24.3 Å². The average molecular weight is 383 g/mol. The van der Waals surface area contributed by atoms with Crippen molar-refractivity contribution in [2.75, 3.05) is 5.32 Å². The molecule has 3 N–H and O–H groups in total. The molecule has 2 atom stereocenters. The van der Waals surface area contributed by atoms with Crippen LogP contribution in [0.25, 0.3) is 23.1 Å². The number of H-pyrrole nitrogens is 1. The molecule has 1 heterocycles. The summed E-state index contributed by atoms with van der Waals surface area (Å²) in [6.45, 7) is 0. The number of carbonyl (C=O) groups excluding carboxylic acids is 1. The predicted molar refractivity (Wildman–Crippen MR) is 103 cm³/mol. The lowest BCUT2D eigenvalue weighted by molar-refractivity contribution is -0.122. The van der Waals surface area contributed by atoms with Crippen molar-refractivity contribution < 1.29 is 18.7 Å². The van der Waals surface area contributed by atoms with Gasteiger partial charge in [-0.2, -0.15) is 5.10 Å². The lowest BCUT2D eigenvalue weighted by atomic mass is 10.0. The highest BCUT2D eigenvalue weighted by Crippen LogP contribution is 2.29. The van der Waals surface area contributed by atoms with E-state index in [2.05, 4.69) is 15.5 Å². The van der Waals surface area contributed by atoms with Crippen molar-refractivity contribution in [1.29, 1.82) is 0 Å². The number of amides is 1. The van der Waals surface area contributed by atoms with E-state index in [1.165, 1.54) is 24.3 Å². The predicted octanol–water partition coefficient (Wildman–Crippen LogP) is 4.11. The number of aliphatic hydroxyl groups excluding tert-OH is 1. The highest BCUT2D eigenvalue weighted by atomic mass is 19.1. The van der Waals surface area contributed by atoms with Crippen molar-refractivity contribution in [3.05, 3.63) is 59.3 Å². The Bertz CT molecular complexity index is 1040. The normalized spacial score (nSPS) is 19.5. The van der Waals surface area contributed by atoms with Gasteiger partial charge >= 0.3 is 0 Å². The van der Waals surface area contributed by atoms with Crippen LogP contribution in [-0.2, 0) is 4.79 Å². The van der Waals surface area contributed by atoms with Gasteiger partial charge in [0.1, 0.15) is 11.6 Å². The summed E-state index contributed by atoms with van der Waals surface area (Å²) in [5.74, 6) is -1.79. The van der Waals surface area contributed by atoms with Crippen LogP contribution in [0.4, 0.5) is 14.5 Å². The van der Waals surface area contributed by atoms with Crippen molar-refractivity contribution in [1.82, 2.24) is 10.2 Å². The number of fused-ring (bicyclic) bond motifs is 1. The van der Waals surface area contributed by atoms with Crippen LogP contribution in [0.5, 0.6) is 0 Å². The van der Waals surface area contributed by atoms with E-state index >= 15 is 0 Å². The maximum atomic E-state index is 14.4. The van der Waals surface area contributed by atoms with Gasteiger partial charge in [0.25, 0.3) is 0 Å². The number of hydrogen-bond acceptors (Lipinski definition) is 3. The van der Waals surface area contributed by atoms with E-state index < -0.39 is 17.8 Å². The van der Waals surface area contributed by atoms with Crippen LogP contribution in [0.3, 0.4) is 0 Å². The van der Waals surface area contributed by atoms with Gasteiger partial charge in [0.15, 0.2) is 0 Å². The summed E-state index contributed by atoms with van der Waals surface area (Å²) in [6, 6.07) is 8.80. The molecule has 3 aromatic rings. The second-order valence-corrected chi connectivity index (χ2v) is 6.97. The smallest absolute Gasteiger partial charge is 0.230 e. The van der Waals surface area contributed by atoms with Crippen molar-refractivity contribution in [3.8, 4) is 0 Å². The van der Waals surface area contributed by atoms with Crippen LogP contribution in [0.15, 0.2) is 36.4 Å². The Balaban J connectivity index is 1.60. The van der Waals surface area contributed by atoms with Gasteiger partial charge in [-0.1, -0.05) is 18.2 Å². The summed E-state index contributed by atoms with van der Waals surface area (Å²) in [4.78, 5) is 12.4. The van der Waals surface area contributed by atoms with Crippen molar-refractivity contribution in [3.63, 3.8) is 0 Å². The molecule has 0 radical (unpaired) electrons. The molecule has 0 saturated heterocycles. The molecule has 1 fully saturated rings. The zero-order valence-electron chi connectivity index (χ0n) is 15.0. The van der Waals surface area contributed by atoms with Crippen LogP contribution in [0, 0.1) is 17.6 Å². The summed E-state index contributed by atoms with van der Waals surface area (Å²) >= 11 is 0. The molecule has 0 aliphatic heterocycles. The molecule has 4 rings (SSSR count). The fourth-order valence-corrected chi connectivity index (χ4v) is 3.50. The van der Waals surface area contributed by atoms with Crippen molar-refractivity contribution in [2.45, 2.75) is 25.4 Å². The molecule has 7 heteroatoms. The fraction of sp³-hybridized carbons (Fsp3) is 0.238. The summed E-state index contributed by atoms with van der Waals surface area (Å²) in [7, 11) is 0. The van der Waals surface area contributed by atoms with Gasteiger partial charge in [0.2, 0.25) is 5.91 Å². The number of aromatic amines is 1. The maximum absolute atomic E-state index is 14.4. The summed E-state index contributed by atoms with van der Waals surface area (Å²) < 4.78 is 27.4. The number of hydrogen-bond donors (Lipinski definition) is 3. The van der Waals surface area contributed by atoms with Gasteiger partial charge < -0.3 is 10.4 Å². The summed E-state index contributed by atoms with van der Waals surface area (Å²) in [6.07, 6.45) is 4.77. The molecule has 1 aliphatic carbocycles. The quantitative estimate of drug-likeness (QED) is 0.634. The van der Waals surface area contributed by atoms with E-state index in [9.17, 15) is 18.7 Å². The number of anilines is 1. The molecule has 0 bridgehead atoms. The number of nitrogens with one attached hydrogen (secondary N) is 2. The first-order valence-corrected chi connectivity index (χ1v) is 9.11. The van der Waals surface area contributed by atoms with Gasteiger partial charge in [-0.25, -0.2) is 8.78 Å². The fourth-order valence-electron chi connectivity index (χ4n) is 3.50. The topological polar surface area (TPSA) is 78.0 Å². The van der Waals surface area contributed by atoms with Crippen LogP contribution in [0.1, 0.15) is 30.5 Å². The highest BCUT2D eigenvalue weighted by molar-refractivity contribution is 5.97. The zero-order chi connectivity index (χ0) is 19.7. The standard InChI is InChI=1S/C21H19F2N3O2/c22-13-7-4-12(5-8-13)6-9-17-15-10-19(16(23)11-18(15)26-25-17)24-21(28)14-2-1-3-20(14)27/h4-11,14,20,27H,1-3H2,(H,24,28)(H,25,26)/b9-6+/t14-,20+/m1/s1. The number of rotatable bonds is 4. The molecular formula is C21H19F2N3O2. The Labute approximate surface area is 160 Å². The minimum atomic E-state index is -0.685. The monoisotopic (exact) mass is 383 g/mol. The highest BCUT2D eigenvalue weighted by Gasteiger charge is 2.31. The summed E-state index contributed by atoms with van der Waals surface area (Å²) in [5.41, 5.74) is 1.91. The first-order valence-electron chi connectivity index (χ1n) is 9.11. The number of aromatic nitrogens is 2. The zero-order valence-corrected chi connectivity index (χ0v) is 15.0. The number of carbonyl (C=O) groups is 1. The van der Waals surface area contributed by atoms with Crippen LogP contribution in [0.2, 0.25) is 0 Å². The lowest BCUT2D eigenvalue weighted by Crippen LogP contribution is -2.28. The molecule has 1 saturated carbocycles. The van der Waals surface area contributed by atoms with Gasteiger partial charge in [0, 0.05) is 11.5 Å². The van der Waals surface area contributed by atoms with Crippen molar-refractivity contribution in [2.24, 2.45) is 5.92 Å². The Morgan fingerprint density at radius 1 is 1.18 bits per heavy atom. The Morgan fingerprint density at radius 2 is 1.96 bits per heavy atom. The Kier molecular flexibility index (Phi) is 4.92. The first-order chi connectivity index (χ1) is 13.5. The van der Waals surface area contributed by atoms with E-state index in [4.69, 9.17) is 0 Å². The first kappa shape index (κ1) is 18.3. The molecule has 5 nitrogen and oxygen atoms in total. The molecular weight excluding hydrogens is 364 g/mol. The van der Waals surface area contributed by atoms with Crippen LogP contribution in [-0.4, -0.2) is 27.3 Å². The van der Waals surface area contributed by atoms with E-state index in [0.717, 1.165) is 12.0 Å². The number of benzene rings is 2. The molecule has 2 aromatic carbocycles. The molecule has 0 unspecified atom stereocenters. The Hall–Kier alpha value is -3.06. The molecule has 1 aromatic heterocycles. The largest absolute Gasteiger partial charge is 0.392 e. The van der Waals surface area contributed by atoms with Gasteiger partial charge in [-0.15, -0.1) is 0 Å². The molecule has 0 spiro atoms. The molecule has 28 heavy (non-hydrogen) atoms. The van der Waals surface area contributed by atoms with E-state index in [0.29, 0.717) is 29.4 Å². The third-order valence-corrected chi connectivity index (χ3v) is 5.06. The van der Waals surface area contributed by atoms with Crippen molar-refractivity contribution >= 4 is 34.6 Å². The number of aliphatic hydroxyl groups is 1. The second-order valence-electron chi connectivity index (χ2n) is 6.97. The Morgan fingerprint density at radius 3 is 2.68 bits per heavy atom. The second kappa shape index (κ2) is 7.52. The van der Waals surface area contributed by atoms with Gasteiger partial charge in [-0.3, -0.25) is 9.89 Å². The molecule has 144 valence electrons. The lowest BCUT2D eigenvalue weighted by Gasteiger charge is -2.14. The third-order valence-electron chi connectivity index (χ3n) is 5.06. The minimum absolute atomic E-state index is 0.0504. The van der Waals surface area contributed by atoms with E-state index in [-0.39, 0.29) is 17.4 Å². The van der Waals surface area contributed by atoms with E-state index in [1.807, 2.05) is 0 Å². The maximum Gasteiger partial charge on any atom is 0.230 e. The summed E-state index contributed by atoms with van der Waals surface area (Å²) in [5, 5.41) is 20.1. The SMILES string of the molecule is O=C(Nc1cc2c(/C=C/c3ccc(F)cc3)n[nH]c2cc1F)[C@@H]1CCC[C@@H]1O.